The van der Waals surface area contributed by atoms with Crippen LogP contribution in [0.2, 0.25) is 0 Å². The molecule has 0 aliphatic carbocycles. The summed E-state index contributed by atoms with van der Waals surface area (Å²) in [5.41, 5.74) is 1.17. The minimum Gasteiger partial charge on any atom is -0.287 e. The van der Waals surface area contributed by atoms with Crippen molar-refractivity contribution in [2.45, 2.75) is 26.1 Å². The Hall–Kier alpha value is -0.540. The van der Waals surface area contributed by atoms with Crippen molar-refractivity contribution in [2.75, 3.05) is 18.8 Å². The lowest BCUT2D eigenvalue weighted by molar-refractivity contribution is 0.284. The molecule has 1 aromatic heterocycles. The highest BCUT2D eigenvalue weighted by molar-refractivity contribution is 7.99. The minimum atomic E-state index is 0.409. The fourth-order valence-corrected chi connectivity index (χ4v) is 2.75. The van der Waals surface area contributed by atoms with Gasteiger partial charge in [-0.1, -0.05) is 26.8 Å². The van der Waals surface area contributed by atoms with E-state index in [1.165, 1.54) is 5.69 Å². The zero-order chi connectivity index (χ0) is 11.1. The molecule has 3 heteroatoms. The summed E-state index contributed by atoms with van der Waals surface area (Å²) in [6, 6.07) is 6.15. The van der Waals surface area contributed by atoms with E-state index in [9.17, 15) is 0 Å². The van der Waals surface area contributed by atoms with Crippen molar-refractivity contribution < 1.29 is 0 Å². The average Bonchev–Trinajstić information content (AvgIpc) is 2.30. The highest BCUT2D eigenvalue weighted by atomic mass is 32.2. The summed E-state index contributed by atoms with van der Waals surface area (Å²) in [7, 11) is 0. The van der Waals surface area contributed by atoms with Gasteiger partial charge in [0.05, 0.1) is 11.1 Å². The van der Waals surface area contributed by atoms with Crippen LogP contribution in [0, 0.1) is 0 Å². The van der Waals surface area contributed by atoms with E-state index in [0.717, 1.165) is 18.8 Å². The van der Waals surface area contributed by atoms with Crippen LogP contribution >= 0.6 is 11.8 Å². The Morgan fingerprint density at radius 2 is 2.00 bits per heavy atom. The first-order chi connectivity index (χ1) is 7.33. The van der Waals surface area contributed by atoms with E-state index < -0.39 is 0 Å². The van der Waals surface area contributed by atoms with Crippen molar-refractivity contribution in [3.8, 4) is 0 Å². The minimum absolute atomic E-state index is 0.409. The summed E-state index contributed by atoms with van der Waals surface area (Å²) in [5, 5.41) is 0.409. The molecule has 2 nitrogen and oxygen atoms in total. The number of pyridine rings is 1. The van der Waals surface area contributed by atoms with Gasteiger partial charge >= 0.3 is 0 Å². The molecule has 0 N–H and O–H groups in total. The fourth-order valence-electron chi connectivity index (χ4n) is 1.61. The Morgan fingerprint density at radius 1 is 1.27 bits per heavy atom. The maximum absolute atomic E-state index is 4.45. The predicted molar refractivity (Wildman–Crippen MR) is 68.0 cm³/mol. The van der Waals surface area contributed by atoms with E-state index in [4.69, 9.17) is 0 Å². The smallest absolute Gasteiger partial charge is 0.0986 e. The number of nitrogens with zero attached hydrogens (tertiary/aromatic N) is 2. The average molecular weight is 224 g/mol. The summed E-state index contributed by atoms with van der Waals surface area (Å²) in [5.74, 6) is 1.12. The first-order valence-electron chi connectivity index (χ1n) is 5.60. The molecule has 0 aliphatic heterocycles. The van der Waals surface area contributed by atoms with Gasteiger partial charge in [-0.05, 0) is 31.0 Å². The van der Waals surface area contributed by atoms with Crippen LogP contribution in [0.5, 0.6) is 0 Å². The molecule has 84 valence electrons. The quantitative estimate of drug-likeness (QED) is 0.690. The van der Waals surface area contributed by atoms with Gasteiger partial charge in [-0.3, -0.25) is 9.88 Å². The van der Waals surface area contributed by atoms with Crippen molar-refractivity contribution in [2.24, 2.45) is 0 Å². The molecular formula is C12H20N2S. The Morgan fingerprint density at radius 3 is 2.47 bits per heavy atom. The molecule has 1 rings (SSSR count). The van der Waals surface area contributed by atoms with Crippen LogP contribution in [-0.2, 0) is 0 Å². The SMILES string of the molecule is CCSC(c1ccccn1)N(CC)CC. The summed E-state index contributed by atoms with van der Waals surface area (Å²) >= 11 is 1.95. The maximum atomic E-state index is 4.45. The highest BCUT2D eigenvalue weighted by Crippen LogP contribution is 2.30. The van der Waals surface area contributed by atoms with Crippen LogP contribution in [0.15, 0.2) is 24.4 Å². The third-order valence-corrected chi connectivity index (χ3v) is 3.60. The zero-order valence-corrected chi connectivity index (χ0v) is 10.6. The molecule has 0 aliphatic rings. The second kappa shape index (κ2) is 6.85. The highest BCUT2D eigenvalue weighted by Gasteiger charge is 2.18. The van der Waals surface area contributed by atoms with E-state index in [0.29, 0.717) is 5.37 Å². The van der Waals surface area contributed by atoms with Gasteiger partial charge in [0, 0.05) is 6.20 Å². The van der Waals surface area contributed by atoms with Gasteiger partial charge in [0.15, 0.2) is 0 Å². The number of thioether (sulfide) groups is 1. The summed E-state index contributed by atoms with van der Waals surface area (Å²) in [4.78, 5) is 6.89. The Labute approximate surface area is 97.1 Å². The summed E-state index contributed by atoms with van der Waals surface area (Å²) in [6.45, 7) is 8.75. The largest absolute Gasteiger partial charge is 0.287 e. The van der Waals surface area contributed by atoms with Gasteiger partial charge in [-0.15, -0.1) is 11.8 Å². The predicted octanol–water partition coefficient (Wildman–Crippen LogP) is 3.18. The molecule has 0 spiro atoms. The molecule has 0 amide bonds. The standard InChI is InChI=1S/C12H20N2S/c1-4-14(5-2)12(15-6-3)11-9-7-8-10-13-11/h7-10,12H,4-6H2,1-3H3. The van der Waals surface area contributed by atoms with Crippen molar-refractivity contribution in [3.63, 3.8) is 0 Å². The number of aromatic nitrogens is 1. The Bertz CT molecular complexity index is 260. The van der Waals surface area contributed by atoms with E-state index in [1.807, 2.05) is 24.0 Å². The van der Waals surface area contributed by atoms with Crippen LogP contribution in [0.25, 0.3) is 0 Å². The Balaban J connectivity index is 2.81. The molecule has 1 heterocycles. The van der Waals surface area contributed by atoms with Crippen LogP contribution < -0.4 is 0 Å². The molecule has 15 heavy (non-hydrogen) atoms. The van der Waals surface area contributed by atoms with Gasteiger partial charge < -0.3 is 0 Å². The molecule has 1 aromatic rings. The lowest BCUT2D eigenvalue weighted by Crippen LogP contribution is -2.27. The fraction of sp³-hybridized carbons (Fsp3) is 0.583. The van der Waals surface area contributed by atoms with E-state index >= 15 is 0 Å². The second-order valence-electron chi connectivity index (χ2n) is 3.28. The molecule has 1 unspecified atom stereocenters. The Kier molecular flexibility index (Phi) is 5.73. The molecule has 0 fully saturated rings. The zero-order valence-electron chi connectivity index (χ0n) is 9.81. The first-order valence-corrected chi connectivity index (χ1v) is 6.64. The van der Waals surface area contributed by atoms with Gasteiger partial charge in [-0.25, -0.2) is 0 Å². The lowest BCUT2D eigenvalue weighted by atomic mass is 10.3. The third-order valence-electron chi connectivity index (χ3n) is 2.41. The van der Waals surface area contributed by atoms with E-state index in [2.05, 4.69) is 42.8 Å². The summed E-state index contributed by atoms with van der Waals surface area (Å²) in [6.07, 6.45) is 1.88. The van der Waals surface area contributed by atoms with Crippen LogP contribution in [-0.4, -0.2) is 28.7 Å². The van der Waals surface area contributed by atoms with Crippen LogP contribution in [0.1, 0.15) is 31.8 Å². The molecular weight excluding hydrogens is 204 g/mol. The lowest BCUT2D eigenvalue weighted by Gasteiger charge is -2.28. The topological polar surface area (TPSA) is 16.1 Å². The van der Waals surface area contributed by atoms with Gasteiger partial charge in [0.2, 0.25) is 0 Å². The number of rotatable bonds is 6. The second-order valence-corrected chi connectivity index (χ2v) is 4.64. The molecule has 0 bridgehead atoms. The maximum Gasteiger partial charge on any atom is 0.0986 e. The molecule has 0 saturated carbocycles. The van der Waals surface area contributed by atoms with Crippen molar-refractivity contribution in [3.05, 3.63) is 30.1 Å². The van der Waals surface area contributed by atoms with E-state index in [-0.39, 0.29) is 0 Å². The van der Waals surface area contributed by atoms with E-state index in [1.54, 1.807) is 0 Å². The van der Waals surface area contributed by atoms with Crippen molar-refractivity contribution in [1.82, 2.24) is 9.88 Å². The van der Waals surface area contributed by atoms with Gasteiger partial charge in [-0.2, -0.15) is 0 Å². The van der Waals surface area contributed by atoms with Gasteiger partial charge in [0.25, 0.3) is 0 Å². The van der Waals surface area contributed by atoms with Crippen LogP contribution in [0.3, 0.4) is 0 Å². The molecule has 0 aromatic carbocycles. The van der Waals surface area contributed by atoms with Crippen molar-refractivity contribution in [1.29, 1.82) is 0 Å². The summed E-state index contributed by atoms with van der Waals surface area (Å²) < 4.78 is 0. The van der Waals surface area contributed by atoms with Crippen molar-refractivity contribution >= 4 is 11.8 Å². The normalized spacial score (nSPS) is 13.1. The molecule has 0 saturated heterocycles. The number of hydrogen-bond donors (Lipinski definition) is 0. The number of hydrogen-bond acceptors (Lipinski definition) is 3. The third kappa shape index (κ3) is 3.50. The molecule has 1 atom stereocenters. The molecule has 0 radical (unpaired) electrons. The van der Waals surface area contributed by atoms with Gasteiger partial charge in [0.1, 0.15) is 0 Å². The monoisotopic (exact) mass is 224 g/mol. The first kappa shape index (κ1) is 12.5. The van der Waals surface area contributed by atoms with Crippen LogP contribution in [0.4, 0.5) is 0 Å².